The first-order chi connectivity index (χ1) is 7.15. The van der Waals surface area contributed by atoms with Gasteiger partial charge in [-0.1, -0.05) is 0 Å². The minimum Gasteiger partial charge on any atom is -0.396 e. The van der Waals surface area contributed by atoms with Crippen LogP contribution >= 0.6 is 0 Å². The van der Waals surface area contributed by atoms with Gasteiger partial charge in [0.15, 0.2) is 5.82 Å². The maximum Gasteiger partial charge on any atom is 0.153 e. The molecule has 78 valence electrons. The zero-order valence-corrected chi connectivity index (χ0v) is 8.73. The lowest BCUT2D eigenvalue weighted by Crippen LogP contribution is -1.98. The molecule has 0 atom stereocenters. The molecule has 0 spiro atoms. The van der Waals surface area contributed by atoms with E-state index in [1.165, 1.54) is 0 Å². The Labute approximate surface area is 87.9 Å². The number of nitrogens with one attached hydrogen (secondary N) is 1. The molecule has 0 unspecified atom stereocenters. The second-order valence-electron chi connectivity index (χ2n) is 3.48. The molecule has 0 bridgehead atoms. The third-order valence-electron chi connectivity index (χ3n) is 2.02. The number of aryl methyl sites for hydroxylation is 2. The van der Waals surface area contributed by atoms with Gasteiger partial charge in [0.1, 0.15) is 0 Å². The van der Waals surface area contributed by atoms with Gasteiger partial charge in [0.25, 0.3) is 0 Å². The molecule has 2 heterocycles. The predicted molar refractivity (Wildman–Crippen MR) is 59.9 cm³/mol. The molecule has 0 saturated carbocycles. The summed E-state index contributed by atoms with van der Waals surface area (Å²) in [5.74, 6) is 0.661. The van der Waals surface area contributed by atoms with E-state index in [0.29, 0.717) is 11.5 Å². The lowest BCUT2D eigenvalue weighted by molar-refractivity contribution is 0.768. The normalized spacial score (nSPS) is 10.3. The third-order valence-corrected chi connectivity index (χ3v) is 2.02. The summed E-state index contributed by atoms with van der Waals surface area (Å²) in [6.45, 7) is 1.96. The highest BCUT2D eigenvalue weighted by Crippen LogP contribution is 2.20. The Morgan fingerprint density at radius 3 is 2.80 bits per heavy atom. The van der Waals surface area contributed by atoms with E-state index >= 15 is 0 Å². The fourth-order valence-electron chi connectivity index (χ4n) is 1.32. The van der Waals surface area contributed by atoms with Crippen LogP contribution in [-0.4, -0.2) is 14.8 Å². The molecular weight excluding hydrogens is 190 g/mol. The van der Waals surface area contributed by atoms with Crippen molar-refractivity contribution in [2.45, 2.75) is 6.92 Å². The number of nitrogen functional groups attached to an aromatic ring is 1. The van der Waals surface area contributed by atoms with Gasteiger partial charge in [0, 0.05) is 19.4 Å². The minimum absolute atomic E-state index is 0.638. The number of pyridine rings is 1. The SMILES string of the molecule is Cc1cnc(Nc2cnn(C)c2)c(N)c1. The maximum atomic E-state index is 5.82. The monoisotopic (exact) mass is 203 g/mol. The maximum absolute atomic E-state index is 5.82. The predicted octanol–water partition coefficient (Wildman–Crippen LogP) is 1.45. The zero-order chi connectivity index (χ0) is 10.8. The number of hydrogen-bond donors (Lipinski definition) is 2. The highest BCUT2D eigenvalue weighted by atomic mass is 15.3. The van der Waals surface area contributed by atoms with Crippen LogP contribution in [0.5, 0.6) is 0 Å². The molecule has 0 fully saturated rings. The quantitative estimate of drug-likeness (QED) is 0.775. The molecule has 5 heteroatoms. The Morgan fingerprint density at radius 2 is 2.20 bits per heavy atom. The van der Waals surface area contributed by atoms with Crippen molar-refractivity contribution in [3.8, 4) is 0 Å². The van der Waals surface area contributed by atoms with Crippen molar-refractivity contribution in [1.29, 1.82) is 0 Å². The van der Waals surface area contributed by atoms with Crippen LogP contribution in [0.2, 0.25) is 0 Å². The van der Waals surface area contributed by atoms with Gasteiger partial charge in [0.2, 0.25) is 0 Å². The topological polar surface area (TPSA) is 68.8 Å². The van der Waals surface area contributed by atoms with Crippen molar-refractivity contribution < 1.29 is 0 Å². The Kier molecular flexibility index (Phi) is 2.29. The molecule has 0 aliphatic carbocycles. The van der Waals surface area contributed by atoms with E-state index in [-0.39, 0.29) is 0 Å². The van der Waals surface area contributed by atoms with Crippen molar-refractivity contribution >= 4 is 17.2 Å². The molecule has 2 rings (SSSR count). The molecule has 0 aliphatic heterocycles. The number of hydrogen-bond acceptors (Lipinski definition) is 4. The first-order valence-corrected chi connectivity index (χ1v) is 4.63. The molecule has 15 heavy (non-hydrogen) atoms. The van der Waals surface area contributed by atoms with E-state index in [1.807, 2.05) is 26.2 Å². The van der Waals surface area contributed by atoms with Gasteiger partial charge in [-0.15, -0.1) is 0 Å². The van der Waals surface area contributed by atoms with Gasteiger partial charge in [-0.05, 0) is 18.6 Å². The van der Waals surface area contributed by atoms with E-state index < -0.39 is 0 Å². The summed E-state index contributed by atoms with van der Waals surface area (Å²) in [6, 6.07) is 1.88. The minimum atomic E-state index is 0.638. The van der Waals surface area contributed by atoms with Crippen LogP contribution in [0.1, 0.15) is 5.56 Å². The fourth-order valence-corrected chi connectivity index (χ4v) is 1.32. The number of nitrogens with zero attached hydrogens (tertiary/aromatic N) is 3. The molecule has 0 saturated heterocycles. The third kappa shape index (κ3) is 2.07. The van der Waals surface area contributed by atoms with Crippen molar-refractivity contribution in [2.24, 2.45) is 7.05 Å². The van der Waals surface area contributed by atoms with Gasteiger partial charge >= 0.3 is 0 Å². The lowest BCUT2D eigenvalue weighted by Gasteiger charge is -2.06. The Bertz CT molecular complexity index is 474. The highest BCUT2D eigenvalue weighted by Gasteiger charge is 2.02. The summed E-state index contributed by atoms with van der Waals surface area (Å²) in [5, 5.41) is 7.15. The summed E-state index contributed by atoms with van der Waals surface area (Å²) in [7, 11) is 1.86. The van der Waals surface area contributed by atoms with Crippen LogP contribution in [0.3, 0.4) is 0 Å². The highest BCUT2D eigenvalue weighted by molar-refractivity contribution is 5.68. The molecule has 3 N–H and O–H groups in total. The molecule has 0 aromatic carbocycles. The van der Waals surface area contributed by atoms with Crippen molar-refractivity contribution in [1.82, 2.24) is 14.8 Å². The van der Waals surface area contributed by atoms with Gasteiger partial charge in [-0.25, -0.2) is 4.98 Å². The summed E-state index contributed by atoms with van der Waals surface area (Å²) in [4.78, 5) is 4.21. The van der Waals surface area contributed by atoms with Crippen molar-refractivity contribution in [2.75, 3.05) is 11.1 Å². The molecule has 0 aliphatic rings. The molecule has 0 radical (unpaired) electrons. The molecular formula is C10H13N5. The Morgan fingerprint density at radius 1 is 1.40 bits per heavy atom. The number of aromatic nitrogens is 3. The standard InChI is InChI=1S/C10H13N5/c1-7-3-9(11)10(12-4-7)14-8-5-13-15(2)6-8/h3-6H,11H2,1-2H3,(H,12,14). The van der Waals surface area contributed by atoms with E-state index in [4.69, 9.17) is 5.73 Å². The van der Waals surface area contributed by atoms with E-state index in [0.717, 1.165) is 11.3 Å². The van der Waals surface area contributed by atoms with Crippen molar-refractivity contribution in [3.63, 3.8) is 0 Å². The van der Waals surface area contributed by atoms with Crippen LogP contribution < -0.4 is 11.1 Å². The molecule has 0 amide bonds. The van der Waals surface area contributed by atoms with E-state index in [1.54, 1.807) is 17.1 Å². The summed E-state index contributed by atoms with van der Waals surface area (Å²) in [5.41, 5.74) is 8.38. The average Bonchev–Trinajstić information content (AvgIpc) is 2.56. The van der Waals surface area contributed by atoms with Crippen molar-refractivity contribution in [3.05, 3.63) is 30.2 Å². The van der Waals surface area contributed by atoms with Gasteiger partial charge in [-0.3, -0.25) is 4.68 Å². The second kappa shape index (κ2) is 3.61. The number of anilines is 3. The summed E-state index contributed by atoms with van der Waals surface area (Å²) in [6.07, 6.45) is 5.36. The summed E-state index contributed by atoms with van der Waals surface area (Å²) < 4.78 is 1.71. The van der Waals surface area contributed by atoms with Crippen LogP contribution in [-0.2, 0) is 7.05 Å². The van der Waals surface area contributed by atoms with Crippen LogP contribution in [0.15, 0.2) is 24.7 Å². The lowest BCUT2D eigenvalue weighted by atomic mass is 10.3. The van der Waals surface area contributed by atoms with Crippen LogP contribution in [0.25, 0.3) is 0 Å². The molecule has 2 aromatic heterocycles. The molecule has 5 nitrogen and oxygen atoms in total. The smallest absolute Gasteiger partial charge is 0.153 e. The number of rotatable bonds is 2. The number of nitrogens with two attached hydrogens (primary N) is 1. The average molecular weight is 203 g/mol. The Balaban J connectivity index is 2.24. The second-order valence-corrected chi connectivity index (χ2v) is 3.48. The Hall–Kier alpha value is -2.04. The first kappa shape index (κ1) is 9.51. The summed E-state index contributed by atoms with van der Waals surface area (Å²) >= 11 is 0. The van der Waals surface area contributed by atoms with E-state index in [2.05, 4.69) is 15.4 Å². The zero-order valence-electron chi connectivity index (χ0n) is 8.73. The first-order valence-electron chi connectivity index (χ1n) is 4.63. The largest absolute Gasteiger partial charge is 0.396 e. The molecule has 2 aromatic rings. The van der Waals surface area contributed by atoms with Crippen LogP contribution in [0, 0.1) is 6.92 Å². The van der Waals surface area contributed by atoms with Gasteiger partial charge in [0.05, 0.1) is 17.6 Å². The van der Waals surface area contributed by atoms with E-state index in [9.17, 15) is 0 Å². The fraction of sp³-hybridized carbons (Fsp3) is 0.200. The van der Waals surface area contributed by atoms with Crippen LogP contribution in [0.4, 0.5) is 17.2 Å². The van der Waals surface area contributed by atoms with Gasteiger partial charge in [-0.2, -0.15) is 5.10 Å². The van der Waals surface area contributed by atoms with Gasteiger partial charge < -0.3 is 11.1 Å².